The molecular weight excluding hydrogens is 599 g/mol. The van der Waals surface area contributed by atoms with Crippen LogP contribution in [-0.2, 0) is 39.8 Å². The molecule has 3 rings (SSSR count). The van der Waals surface area contributed by atoms with Gasteiger partial charge in [0.25, 0.3) is 0 Å². The first-order valence-corrected chi connectivity index (χ1v) is 13.0. The molecule has 1 fully saturated rings. The van der Waals surface area contributed by atoms with Crippen LogP contribution in [0.25, 0.3) is 0 Å². The Hall–Kier alpha value is -2.31. The molecule has 0 aromatic heterocycles. The zero-order valence-corrected chi connectivity index (χ0v) is 23.5. The van der Waals surface area contributed by atoms with Gasteiger partial charge < -0.3 is 23.7 Å². The van der Waals surface area contributed by atoms with E-state index in [4.69, 9.17) is 23.7 Å². The topological polar surface area (TPSA) is 97.4 Å². The van der Waals surface area contributed by atoms with Gasteiger partial charge in [-0.25, -0.2) is 0 Å². The summed E-state index contributed by atoms with van der Waals surface area (Å²) in [5.41, 5.74) is 1.91. The number of carbonyl (C=O) groups is 3. The average molecular weight is 628 g/mol. The van der Waals surface area contributed by atoms with Crippen molar-refractivity contribution in [3.8, 4) is 5.75 Å². The van der Waals surface area contributed by atoms with E-state index in [0.717, 1.165) is 20.4 Å². The third kappa shape index (κ3) is 7.36. The number of esters is 3. The molecule has 10 heteroatoms. The van der Waals surface area contributed by atoms with Gasteiger partial charge in [-0.05, 0) is 70.8 Å². The van der Waals surface area contributed by atoms with Crippen LogP contribution in [0.5, 0.6) is 5.75 Å². The maximum atomic E-state index is 12.0. The van der Waals surface area contributed by atoms with Crippen molar-refractivity contribution in [2.45, 2.75) is 64.0 Å². The van der Waals surface area contributed by atoms with Crippen molar-refractivity contribution in [2.75, 3.05) is 6.61 Å². The van der Waals surface area contributed by atoms with Crippen molar-refractivity contribution < 1.29 is 38.1 Å². The minimum Gasteiger partial charge on any atom is -0.494 e. The van der Waals surface area contributed by atoms with Crippen molar-refractivity contribution in [3.05, 3.63) is 62.7 Å². The summed E-state index contributed by atoms with van der Waals surface area (Å²) in [6.07, 6.45) is -3.40. The zero-order valence-electron chi connectivity index (χ0n) is 20.4. The number of ether oxygens (including phenoxy) is 5. The normalized spacial score (nSPS) is 23.4. The first-order chi connectivity index (χ1) is 17.1. The van der Waals surface area contributed by atoms with Crippen molar-refractivity contribution in [1.82, 2.24) is 0 Å². The summed E-state index contributed by atoms with van der Waals surface area (Å²) >= 11 is 6.73. The molecule has 0 amide bonds. The van der Waals surface area contributed by atoms with Gasteiger partial charge in [-0.1, -0.05) is 24.3 Å². The predicted molar refractivity (Wildman–Crippen MR) is 143 cm³/mol. The molecule has 0 radical (unpaired) electrons. The van der Waals surface area contributed by atoms with E-state index < -0.39 is 47.8 Å². The Bertz CT molecular complexity index is 1090. The molecule has 194 valence electrons. The molecule has 36 heavy (non-hydrogen) atoms. The number of benzene rings is 2. The standard InChI is InChI=1S/C26H29IO8S/c1-5-31-20-9-6-17(7-10-20)12-19-13-18(8-11-21(19)27)22-23(32-14(2)28)24(33-15(3)29)25(26(36)35-22)34-16(4)30/h6-11,13,22-26,36H,5,12H2,1-4H3. The third-order valence-electron chi connectivity index (χ3n) is 5.45. The molecular formula is C26H29IO8S. The Balaban J connectivity index is 1.96. The van der Waals surface area contributed by atoms with E-state index in [1.807, 2.05) is 49.4 Å². The Morgan fingerprint density at radius 1 is 0.889 bits per heavy atom. The lowest BCUT2D eigenvalue weighted by Crippen LogP contribution is -2.57. The maximum Gasteiger partial charge on any atom is 0.303 e. The Kier molecular flexibility index (Phi) is 10.0. The average Bonchev–Trinajstić information content (AvgIpc) is 2.80. The fraction of sp³-hybridized carbons (Fsp3) is 0.423. The Labute approximate surface area is 229 Å². The molecule has 1 aliphatic rings. The lowest BCUT2D eigenvalue weighted by Gasteiger charge is -2.43. The van der Waals surface area contributed by atoms with Crippen molar-refractivity contribution >= 4 is 53.1 Å². The summed E-state index contributed by atoms with van der Waals surface area (Å²) in [4.78, 5) is 35.6. The van der Waals surface area contributed by atoms with E-state index >= 15 is 0 Å². The maximum absolute atomic E-state index is 12.0. The number of hydrogen-bond acceptors (Lipinski definition) is 9. The van der Waals surface area contributed by atoms with Crippen molar-refractivity contribution in [3.63, 3.8) is 0 Å². The summed E-state index contributed by atoms with van der Waals surface area (Å²) in [7, 11) is 0. The van der Waals surface area contributed by atoms with Crippen LogP contribution in [0.4, 0.5) is 0 Å². The minimum atomic E-state index is -1.11. The molecule has 0 saturated carbocycles. The first-order valence-electron chi connectivity index (χ1n) is 11.4. The quantitative estimate of drug-likeness (QED) is 0.199. The first kappa shape index (κ1) is 28.3. The SMILES string of the molecule is CCOc1ccc(Cc2cc(C3OC(S)C(OC(C)=O)C(OC(C)=O)C3OC(C)=O)ccc2I)cc1. The van der Waals surface area contributed by atoms with Gasteiger partial charge >= 0.3 is 17.9 Å². The highest BCUT2D eigenvalue weighted by molar-refractivity contribution is 14.1. The highest BCUT2D eigenvalue weighted by atomic mass is 127. The van der Waals surface area contributed by atoms with Gasteiger partial charge in [-0.2, -0.15) is 0 Å². The Morgan fingerprint density at radius 2 is 1.47 bits per heavy atom. The molecule has 1 saturated heterocycles. The fourth-order valence-corrected chi connectivity index (χ4v) is 4.94. The molecule has 0 bridgehead atoms. The van der Waals surface area contributed by atoms with Gasteiger partial charge in [0.05, 0.1) is 6.61 Å². The van der Waals surface area contributed by atoms with Gasteiger partial charge in [-0.15, -0.1) is 12.6 Å². The van der Waals surface area contributed by atoms with E-state index in [0.29, 0.717) is 18.6 Å². The number of carbonyl (C=O) groups excluding carboxylic acids is 3. The molecule has 1 aliphatic heterocycles. The highest BCUT2D eigenvalue weighted by Crippen LogP contribution is 2.39. The van der Waals surface area contributed by atoms with E-state index in [2.05, 4.69) is 35.2 Å². The van der Waals surface area contributed by atoms with Gasteiger partial charge in [-0.3, -0.25) is 14.4 Å². The molecule has 2 aromatic rings. The zero-order chi connectivity index (χ0) is 26.4. The second-order valence-corrected chi connectivity index (χ2v) is 9.95. The smallest absolute Gasteiger partial charge is 0.303 e. The summed E-state index contributed by atoms with van der Waals surface area (Å²) in [5.74, 6) is -1.01. The van der Waals surface area contributed by atoms with Crippen LogP contribution in [0.1, 0.15) is 50.5 Å². The second kappa shape index (κ2) is 12.8. The van der Waals surface area contributed by atoms with Gasteiger partial charge in [0, 0.05) is 24.3 Å². The van der Waals surface area contributed by atoms with Crippen LogP contribution in [0.2, 0.25) is 0 Å². The van der Waals surface area contributed by atoms with E-state index in [1.165, 1.54) is 20.8 Å². The highest BCUT2D eigenvalue weighted by Gasteiger charge is 2.51. The molecule has 5 unspecified atom stereocenters. The molecule has 8 nitrogen and oxygen atoms in total. The number of halogens is 1. The van der Waals surface area contributed by atoms with Crippen LogP contribution >= 0.6 is 35.2 Å². The lowest BCUT2D eigenvalue weighted by atomic mass is 9.92. The lowest BCUT2D eigenvalue weighted by molar-refractivity contribution is -0.233. The number of hydrogen-bond donors (Lipinski definition) is 1. The van der Waals surface area contributed by atoms with Crippen LogP contribution in [-0.4, -0.2) is 48.3 Å². The number of thiol groups is 1. The molecule has 0 N–H and O–H groups in total. The monoisotopic (exact) mass is 628 g/mol. The van der Waals surface area contributed by atoms with E-state index in [9.17, 15) is 14.4 Å². The molecule has 0 spiro atoms. The number of rotatable bonds is 8. The van der Waals surface area contributed by atoms with Crippen LogP contribution in [0.3, 0.4) is 0 Å². The van der Waals surface area contributed by atoms with Gasteiger partial charge in [0.2, 0.25) is 0 Å². The summed E-state index contributed by atoms with van der Waals surface area (Å²) in [5, 5.41) is 0. The van der Waals surface area contributed by atoms with Crippen molar-refractivity contribution in [2.24, 2.45) is 0 Å². The molecule has 0 aliphatic carbocycles. The van der Waals surface area contributed by atoms with Crippen LogP contribution in [0.15, 0.2) is 42.5 Å². The summed E-state index contributed by atoms with van der Waals surface area (Å²) in [6, 6.07) is 13.7. The molecule has 1 heterocycles. The second-order valence-electron chi connectivity index (χ2n) is 8.27. The van der Waals surface area contributed by atoms with Crippen molar-refractivity contribution in [1.29, 1.82) is 0 Å². The summed E-state index contributed by atoms with van der Waals surface area (Å²) < 4.78 is 29.1. The molecule has 2 aromatic carbocycles. The third-order valence-corrected chi connectivity index (χ3v) is 6.91. The fourth-order valence-electron chi connectivity index (χ4n) is 4.06. The van der Waals surface area contributed by atoms with Crippen LogP contribution < -0.4 is 4.74 Å². The van der Waals surface area contributed by atoms with E-state index in [-0.39, 0.29) is 0 Å². The largest absolute Gasteiger partial charge is 0.494 e. The predicted octanol–water partition coefficient (Wildman–Crippen LogP) is 4.40. The van der Waals surface area contributed by atoms with Crippen LogP contribution in [0, 0.1) is 3.57 Å². The summed E-state index contributed by atoms with van der Waals surface area (Å²) in [6.45, 7) is 6.25. The minimum absolute atomic E-state index is 0.593. The van der Waals surface area contributed by atoms with Gasteiger partial charge in [0.1, 0.15) is 17.3 Å². The van der Waals surface area contributed by atoms with E-state index in [1.54, 1.807) is 0 Å². The molecule has 5 atom stereocenters. The van der Waals surface area contributed by atoms with Gasteiger partial charge in [0.15, 0.2) is 18.3 Å². The Morgan fingerprint density at radius 3 is 2.06 bits per heavy atom.